The quantitative estimate of drug-likeness (QED) is 0.766. The number of rotatable bonds is 6. The molecule has 2 nitrogen and oxygen atoms in total. The van der Waals surface area contributed by atoms with Gasteiger partial charge in [0, 0.05) is 0 Å². The van der Waals surface area contributed by atoms with E-state index < -0.39 is 0 Å². The fraction of sp³-hybridized carbons (Fsp3) is 0.600. The summed E-state index contributed by atoms with van der Waals surface area (Å²) in [4.78, 5) is 0. The Hall–Kier alpha value is -1.02. The molecule has 0 unspecified atom stereocenters. The van der Waals surface area contributed by atoms with Crippen molar-refractivity contribution in [2.45, 2.75) is 44.9 Å². The van der Waals surface area contributed by atoms with Gasteiger partial charge >= 0.3 is 0 Å². The molecule has 0 atom stereocenters. The van der Waals surface area contributed by atoms with Crippen molar-refractivity contribution in [3.05, 3.63) is 29.3 Å². The van der Waals surface area contributed by atoms with E-state index in [1.807, 2.05) is 0 Å². The Morgan fingerprint density at radius 1 is 1.12 bits per heavy atom. The van der Waals surface area contributed by atoms with Crippen molar-refractivity contribution >= 4 is 0 Å². The van der Waals surface area contributed by atoms with Gasteiger partial charge in [-0.1, -0.05) is 25.0 Å². The number of fused-ring (bicyclic) bond motifs is 1. The minimum atomic E-state index is 0.830. The third kappa shape index (κ3) is 3.74. The first kappa shape index (κ1) is 12.4. The molecule has 0 fully saturated rings. The van der Waals surface area contributed by atoms with Crippen LogP contribution in [-0.2, 0) is 12.8 Å². The molecule has 2 heteroatoms. The maximum Gasteiger partial charge on any atom is 0.122 e. The summed E-state index contributed by atoms with van der Waals surface area (Å²) in [6, 6.07) is 6.69. The molecular formula is C15H23NO. The maximum absolute atomic E-state index is 5.62. The molecule has 94 valence electrons. The Morgan fingerprint density at radius 3 is 2.88 bits per heavy atom. The highest BCUT2D eigenvalue weighted by molar-refractivity contribution is 5.38. The van der Waals surface area contributed by atoms with E-state index in [1.165, 1.54) is 43.2 Å². The summed E-state index contributed by atoms with van der Waals surface area (Å²) in [5.74, 6) is 1.10. The lowest BCUT2D eigenvalue weighted by Crippen LogP contribution is -2.08. The van der Waals surface area contributed by atoms with E-state index >= 15 is 0 Å². The number of aryl methyl sites for hydroxylation is 2. The largest absolute Gasteiger partial charge is 0.493 e. The second kappa shape index (κ2) is 6.65. The number of benzene rings is 1. The molecule has 1 heterocycles. The van der Waals surface area contributed by atoms with E-state index in [2.05, 4.69) is 18.2 Å². The fourth-order valence-corrected chi connectivity index (χ4v) is 2.40. The molecule has 1 aromatic carbocycles. The average molecular weight is 233 g/mol. The van der Waals surface area contributed by atoms with Crippen molar-refractivity contribution < 1.29 is 4.74 Å². The average Bonchev–Trinajstić information content (AvgIpc) is 2.38. The van der Waals surface area contributed by atoms with Crippen molar-refractivity contribution in [3.8, 4) is 5.75 Å². The first-order valence-corrected chi connectivity index (χ1v) is 6.85. The SMILES string of the molecule is NCCCCCCc1ccc2c(c1)CCCO2. The van der Waals surface area contributed by atoms with E-state index in [9.17, 15) is 0 Å². The van der Waals surface area contributed by atoms with E-state index in [0.29, 0.717) is 0 Å². The van der Waals surface area contributed by atoms with Crippen LogP contribution in [0.1, 0.15) is 43.2 Å². The number of hydrogen-bond acceptors (Lipinski definition) is 2. The van der Waals surface area contributed by atoms with Crippen molar-refractivity contribution in [2.24, 2.45) is 5.73 Å². The summed E-state index contributed by atoms with van der Waals surface area (Å²) < 4.78 is 5.62. The van der Waals surface area contributed by atoms with Crippen molar-refractivity contribution in [2.75, 3.05) is 13.2 Å². The first-order valence-electron chi connectivity index (χ1n) is 6.85. The van der Waals surface area contributed by atoms with Crippen LogP contribution in [0, 0.1) is 0 Å². The lowest BCUT2D eigenvalue weighted by molar-refractivity contribution is 0.288. The molecule has 2 rings (SSSR count). The zero-order valence-corrected chi connectivity index (χ0v) is 10.6. The number of unbranched alkanes of at least 4 members (excludes halogenated alkanes) is 3. The van der Waals surface area contributed by atoms with Crippen molar-refractivity contribution in [1.29, 1.82) is 0 Å². The van der Waals surface area contributed by atoms with Gasteiger partial charge in [-0.25, -0.2) is 0 Å². The predicted octanol–water partition coefficient (Wildman–Crippen LogP) is 3.07. The van der Waals surface area contributed by atoms with Gasteiger partial charge in [0.05, 0.1) is 6.61 Å². The van der Waals surface area contributed by atoms with Gasteiger partial charge < -0.3 is 10.5 Å². The lowest BCUT2D eigenvalue weighted by atomic mass is 10.00. The summed E-state index contributed by atoms with van der Waals surface area (Å²) in [6.07, 6.45) is 8.54. The van der Waals surface area contributed by atoms with Gasteiger partial charge in [-0.3, -0.25) is 0 Å². The lowest BCUT2D eigenvalue weighted by Gasteiger charge is -2.17. The first-order chi connectivity index (χ1) is 8.40. The van der Waals surface area contributed by atoms with E-state index in [4.69, 9.17) is 10.5 Å². The molecule has 1 aliphatic rings. The standard InChI is InChI=1S/C15H23NO/c16-10-4-2-1-3-6-13-8-9-15-14(12-13)7-5-11-17-15/h8-9,12H,1-7,10-11,16H2. The van der Waals surface area contributed by atoms with Gasteiger partial charge in [0.15, 0.2) is 0 Å². The van der Waals surface area contributed by atoms with Gasteiger partial charge in [0.25, 0.3) is 0 Å². The smallest absolute Gasteiger partial charge is 0.122 e. The van der Waals surface area contributed by atoms with Gasteiger partial charge in [-0.05, 0) is 55.8 Å². The monoisotopic (exact) mass is 233 g/mol. The van der Waals surface area contributed by atoms with Gasteiger partial charge in [-0.15, -0.1) is 0 Å². The molecule has 0 spiro atoms. The summed E-state index contributed by atoms with van der Waals surface area (Å²) in [5, 5.41) is 0. The number of nitrogens with two attached hydrogens (primary N) is 1. The topological polar surface area (TPSA) is 35.2 Å². The summed E-state index contributed by atoms with van der Waals surface area (Å²) in [5.41, 5.74) is 8.34. The van der Waals surface area contributed by atoms with Crippen LogP contribution in [0.3, 0.4) is 0 Å². The minimum absolute atomic E-state index is 0.830. The highest BCUT2D eigenvalue weighted by Crippen LogP contribution is 2.26. The van der Waals surface area contributed by atoms with Crippen LogP contribution in [-0.4, -0.2) is 13.2 Å². The van der Waals surface area contributed by atoms with Crippen LogP contribution in [0.15, 0.2) is 18.2 Å². The van der Waals surface area contributed by atoms with Gasteiger partial charge in [0.1, 0.15) is 5.75 Å². The molecule has 0 aromatic heterocycles. The van der Waals surface area contributed by atoms with E-state index in [-0.39, 0.29) is 0 Å². The minimum Gasteiger partial charge on any atom is -0.493 e. The summed E-state index contributed by atoms with van der Waals surface area (Å²) in [6.45, 7) is 1.71. The molecule has 0 aliphatic carbocycles. The highest BCUT2D eigenvalue weighted by atomic mass is 16.5. The molecule has 1 aromatic rings. The Balaban J connectivity index is 1.81. The zero-order chi connectivity index (χ0) is 11.9. The van der Waals surface area contributed by atoms with Crippen LogP contribution in [0.2, 0.25) is 0 Å². The predicted molar refractivity (Wildman–Crippen MR) is 71.5 cm³/mol. The molecule has 17 heavy (non-hydrogen) atoms. The molecule has 0 saturated heterocycles. The van der Waals surface area contributed by atoms with Gasteiger partial charge in [0.2, 0.25) is 0 Å². The van der Waals surface area contributed by atoms with Crippen LogP contribution in [0.5, 0.6) is 5.75 Å². The Kier molecular flexibility index (Phi) is 4.87. The van der Waals surface area contributed by atoms with Crippen LogP contribution < -0.4 is 10.5 Å². The highest BCUT2D eigenvalue weighted by Gasteiger charge is 2.10. The van der Waals surface area contributed by atoms with Crippen LogP contribution >= 0.6 is 0 Å². The molecular weight excluding hydrogens is 210 g/mol. The molecule has 0 saturated carbocycles. The fourth-order valence-electron chi connectivity index (χ4n) is 2.40. The van der Waals surface area contributed by atoms with Crippen LogP contribution in [0.25, 0.3) is 0 Å². The molecule has 0 amide bonds. The van der Waals surface area contributed by atoms with Crippen molar-refractivity contribution in [3.63, 3.8) is 0 Å². The van der Waals surface area contributed by atoms with Crippen molar-refractivity contribution in [1.82, 2.24) is 0 Å². The second-order valence-corrected chi connectivity index (χ2v) is 4.85. The molecule has 0 bridgehead atoms. The Labute approximate surface area is 104 Å². The summed E-state index contributed by atoms with van der Waals surface area (Å²) in [7, 11) is 0. The number of hydrogen-bond donors (Lipinski definition) is 1. The molecule has 1 aliphatic heterocycles. The van der Waals surface area contributed by atoms with Crippen LogP contribution in [0.4, 0.5) is 0 Å². The molecule has 2 N–H and O–H groups in total. The molecule has 0 radical (unpaired) electrons. The summed E-state index contributed by atoms with van der Waals surface area (Å²) >= 11 is 0. The third-order valence-electron chi connectivity index (χ3n) is 3.39. The maximum atomic E-state index is 5.62. The number of ether oxygens (including phenoxy) is 1. The zero-order valence-electron chi connectivity index (χ0n) is 10.6. The van der Waals surface area contributed by atoms with E-state index in [0.717, 1.165) is 31.7 Å². The Morgan fingerprint density at radius 2 is 2.00 bits per heavy atom. The van der Waals surface area contributed by atoms with E-state index in [1.54, 1.807) is 0 Å². The normalized spacial score (nSPS) is 14.2. The second-order valence-electron chi connectivity index (χ2n) is 4.85. The Bertz CT molecular complexity index is 349. The van der Waals surface area contributed by atoms with Gasteiger partial charge in [-0.2, -0.15) is 0 Å². The third-order valence-corrected chi connectivity index (χ3v) is 3.39.